The first-order valence-electron chi connectivity index (χ1n) is 15.7. The maximum absolute atomic E-state index is 14.0. The second-order valence-electron chi connectivity index (χ2n) is 12.2. The molecule has 2 aliphatic heterocycles. The van der Waals surface area contributed by atoms with Gasteiger partial charge in [0.05, 0.1) is 30.7 Å². The lowest BCUT2D eigenvalue weighted by Gasteiger charge is -2.48. The van der Waals surface area contributed by atoms with E-state index in [0.717, 1.165) is 11.1 Å². The Morgan fingerprint density at radius 3 is 2.42 bits per heavy atom. The van der Waals surface area contributed by atoms with Crippen molar-refractivity contribution in [3.63, 3.8) is 0 Å². The van der Waals surface area contributed by atoms with Crippen molar-refractivity contribution in [1.82, 2.24) is 5.32 Å². The number of fused-ring (bicyclic) bond motifs is 2. The van der Waals surface area contributed by atoms with E-state index in [-0.39, 0.29) is 52.3 Å². The van der Waals surface area contributed by atoms with Crippen LogP contribution in [0, 0.1) is 0 Å². The molecule has 48 heavy (non-hydrogen) atoms. The van der Waals surface area contributed by atoms with E-state index < -0.39 is 48.4 Å². The number of methoxy groups -OCH3 is 1. The number of allylic oxidation sites excluding steroid dienone is 2. The van der Waals surface area contributed by atoms with Crippen molar-refractivity contribution in [2.24, 2.45) is 5.73 Å². The highest BCUT2D eigenvalue weighted by atomic mass is 16.7. The molecule has 5 unspecified atom stereocenters. The highest BCUT2D eigenvalue weighted by molar-refractivity contribution is 6.30. The number of nitrogens with two attached hydrogens (primary N) is 1. The predicted octanol–water partition coefficient (Wildman–Crippen LogP) is 1.62. The Kier molecular flexibility index (Phi) is 9.28. The van der Waals surface area contributed by atoms with E-state index >= 15 is 0 Å². The molecule has 0 saturated carbocycles. The lowest BCUT2D eigenvalue weighted by atomic mass is 9.79. The Hall–Kier alpha value is -4.72. The Balaban J connectivity index is 1.27. The number of dihydropyridines is 1. The molecule has 3 aliphatic rings. The van der Waals surface area contributed by atoms with Crippen LogP contribution in [-0.2, 0) is 17.6 Å². The molecule has 1 fully saturated rings. The van der Waals surface area contributed by atoms with E-state index in [0.29, 0.717) is 30.8 Å². The number of phenols is 1. The molecular formula is C36H38N2O10. The number of phenolic OH excluding ortho intramolecular Hbond substituents is 1. The molecule has 0 spiro atoms. The van der Waals surface area contributed by atoms with Gasteiger partial charge in [-0.05, 0) is 66.7 Å². The SMILES string of the molecule is COc1cc(OC2OC(CO)C(O)(CCC3=CCNC(N)=C3)C(O)C2O)c2c(c1)C(=O)c1cc(CCc3ccccc3)cc(O)c1C2=O. The predicted molar refractivity (Wildman–Crippen MR) is 173 cm³/mol. The molecule has 0 aromatic heterocycles. The number of hydrogen-bond acceptors (Lipinski definition) is 12. The number of nitrogens with one attached hydrogen (secondary N) is 1. The Morgan fingerprint density at radius 1 is 0.979 bits per heavy atom. The molecule has 1 saturated heterocycles. The van der Waals surface area contributed by atoms with Gasteiger partial charge in [-0.15, -0.1) is 0 Å². The summed E-state index contributed by atoms with van der Waals surface area (Å²) < 4.78 is 17.2. The Bertz CT molecular complexity index is 1780. The summed E-state index contributed by atoms with van der Waals surface area (Å²) in [6.07, 6.45) is -1.88. The topological polar surface area (TPSA) is 201 Å². The van der Waals surface area contributed by atoms with Gasteiger partial charge in [-0.3, -0.25) is 9.59 Å². The molecule has 8 N–H and O–H groups in total. The van der Waals surface area contributed by atoms with Crippen LogP contribution >= 0.6 is 0 Å². The van der Waals surface area contributed by atoms with E-state index in [1.807, 2.05) is 36.4 Å². The van der Waals surface area contributed by atoms with Crippen LogP contribution < -0.4 is 20.5 Å². The Labute approximate surface area is 276 Å². The number of aryl methyl sites for hydroxylation is 2. The number of hydrogen-bond donors (Lipinski definition) is 7. The zero-order valence-electron chi connectivity index (χ0n) is 26.3. The normalized spacial score (nSPS) is 24.9. The number of benzene rings is 3. The van der Waals surface area contributed by atoms with Gasteiger partial charge in [-0.1, -0.05) is 36.4 Å². The molecule has 6 rings (SSSR count). The van der Waals surface area contributed by atoms with Crippen LogP contribution in [0.15, 0.2) is 78.1 Å². The average molecular weight is 659 g/mol. The molecule has 5 atom stereocenters. The van der Waals surface area contributed by atoms with Gasteiger partial charge in [0.25, 0.3) is 0 Å². The molecule has 3 aromatic rings. The quantitative estimate of drug-likeness (QED) is 0.130. The monoisotopic (exact) mass is 658 g/mol. The number of carbonyl (C=O) groups excluding carboxylic acids is 2. The van der Waals surface area contributed by atoms with Crippen LogP contribution in [0.5, 0.6) is 17.2 Å². The van der Waals surface area contributed by atoms with E-state index in [2.05, 4.69) is 5.32 Å². The van der Waals surface area contributed by atoms with Gasteiger partial charge < -0.3 is 50.8 Å². The number of aliphatic hydroxyl groups excluding tert-OH is 3. The molecule has 0 bridgehead atoms. The summed E-state index contributed by atoms with van der Waals surface area (Å²) in [5, 5.41) is 57.9. The third-order valence-corrected chi connectivity index (χ3v) is 9.18. The minimum atomic E-state index is -2.08. The highest BCUT2D eigenvalue weighted by Gasteiger charge is 2.55. The molecule has 3 aromatic carbocycles. The van der Waals surface area contributed by atoms with Crippen molar-refractivity contribution in [3.8, 4) is 17.2 Å². The van der Waals surface area contributed by atoms with Crippen LogP contribution in [0.25, 0.3) is 0 Å². The first-order valence-corrected chi connectivity index (χ1v) is 15.7. The Morgan fingerprint density at radius 2 is 1.71 bits per heavy atom. The minimum Gasteiger partial charge on any atom is -0.507 e. The van der Waals surface area contributed by atoms with Crippen molar-refractivity contribution in [3.05, 3.63) is 112 Å². The van der Waals surface area contributed by atoms with E-state index in [9.17, 15) is 35.1 Å². The maximum atomic E-state index is 14.0. The van der Waals surface area contributed by atoms with Crippen molar-refractivity contribution in [2.45, 2.75) is 55.9 Å². The number of aliphatic hydroxyl groups is 4. The number of ether oxygens (including phenoxy) is 3. The summed E-state index contributed by atoms with van der Waals surface area (Å²) >= 11 is 0. The summed E-state index contributed by atoms with van der Waals surface area (Å²) in [6, 6.07) is 15.5. The summed E-state index contributed by atoms with van der Waals surface area (Å²) in [4.78, 5) is 27.9. The van der Waals surface area contributed by atoms with Gasteiger partial charge >= 0.3 is 0 Å². The van der Waals surface area contributed by atoms with Crippen LogP contribution in [0.4, 0.5) is 0 Å². The molecule has 0 radical (unpaired) electrons. The van der Waals surface area contributed by atoms with Crippen molar-refractivity contribution >= 4 is 11.6 Å². The maximum Gasteiger partial charge on any atom is 0.229 e. The van der Waals surface area contributed by atoms with Crippen LogP contribution in [0.1, 0.15) is 55.8 Å². The van der Waals surface area contributed by atoms with Gasteiger partial charge in [0.1, 0.15) is 41.2 Å². The third kappa shape index (κ3) is 6.16. The third-order valence-electron chi connectivity index (χ3n) is 9.18. The van der Waals surface area contributed by atoms with Crippen molar-refractivity contribution < 1.29 is 49.3 Å². The van der Waals surface area contributed by atoms with Crippen LogP contribution in [-0.4, -0.2) is 87.6 Å². The van der Waals surface area contributed by atoms with Gasteiger partial charge in [0, 0.05) is 23.7 Å². The first-order chi connectivity index (χ1) is 23.0. The van der Waals surface area contributed by atoms with Gasteiger partial charge in [-0.25, -0.2) is 0 Å². The highest BCUT2D eigenvalue weighted by Crippen LogP contribution is 2.42. The number of ketones is 2. The van der Waals surface area contributed by atoms with Crippen molar-refractivity contribution in [1.29, 1.82) is 0 Å². The van der Waals surface area contributed by atoms with Crippen LogP contribution in [0.2, 0.25) is 0 Å². The molecule has 12 heteroatoms. The van der Waals surface area contributed by atoms with Gasteiger partial charge in [-0.2, -0.15) is 0 Å². The molecule has 252 valence electrons. The van der Waals surface area contributed by atoms with E-state index in [1.54, 1.807) is 12.1 Å². The fourth-order valence-electron chi connectivity index (χ4n) is 6.52. The second-order valence-corrected chi connectivity index (χ2v) is 12.2. The number of carbonyl (C=O) groups is 2. The van der Waals surface area contributed by atoms with Gasteiger partial charge in [0.2, 0.25) is 12.1 Å². The van der Waals surface area contributed by atoms with E-state index in [4.69, 9.17) is 19.9 Å². The molecular weight excluding hydrogens is 620 g/mol. The molecule has 12 nitrogen and oxygen atoms in total. The summed E-state index contributed by atoms with van der Waals surface area (Å²) in [6.45, 7) is -0.249. The smallest absolute Gasteiger partial charge is 0.229 e. The zero-order valence-corrected chi connectivity index (χ0v) is 26.3. The zero-order chi connectivity index (χ0) is 34.2. The summed E-state index contributed by atoms with van der Waals surface area (Å²) in [5.41, 5.74) is 5.88. The fraction of sp³-hybridized carbons (Fsp3) is 0.333. The minimum absolute atomic E-state index is 0.0324. The fourth-order valence-corrected chi connectivity index (χ4v) is 6.52. The number of rotatable bonds is 10. The lowest BCUT2D eigenvalue weighted by molar-refractivity contribution is -0.314. The van der Waals surface area contributed by atoms with Gasteiger partial charge in [0.15, 0.2) is 5.78 Å². The van der Waals surface area contributed by atoms with Crippen LogP contribution in [0.3, 0.4) is 0 Å². The molecule has 2 heterocycles. The summed E-state index contributed by atoms with van der Waals surface area (Å²) in [5.74, 6) is -1.23. The lowest BCUT2D eigenvalue weighted by Crippen LogP contribution is -2.67. The summed E-state index contributed by atoms with van der Waals surface area (Å²) in [7, 11) is 1.36. The largest absolute Gasteiger partial charge is 0.507 e. The molecule has 1 aliphatic carbocycles. The standard InChI is InChI=1S/C36H38N2O10/c1-46-22-16-24-30(32(42)29-23(31(24)41)13-21(14-25(29)40)8-7-19-5-3-2-4-6-19)26(17-22)47-35-33(43)34(44)36(45,27(18-39)48-35)11-9-20-10-12-38-28(37)15-20/h2-6,10,13-17,27,33-35,38-40,43-45H,7-9,11-12,18,37H2,1H3. The van der Waals surface area contributed by atoms with Crippen molar-refractivity contribution in [2.75, 3.05) is 20.3 Å². The first kappa shape index (κ1) is 33.2. The second kappa shape index (κ2) is 13.4. The average Bonchev–Trinajstić information content (AvgIpc) is 3.09. The number of aromatic hydroxyl groups is 1. The van der Waals surface area contributed by atoms with E-state index in [1.165, 1.54) is 25.3 Å². The molecule has 0 amide bonds.